The lowest BCUT2D eigenvalue weighted by molar-refractivity contribution is 0.0287. The molecular weight excluding hydrogens is 154 g/mol. The first-order valence-corrected chi connectivity index (χ1v) is 4.06. The third-order valence-corrected chi connectivity index (χ3v) is 2.17. The van der Waals surface area contributed by atoms with Crippen LogP contribution in [-0.2, 0) is 0 Å². The minimum Gasteiger partial charge on any atom is -0.264 e. The Labute approximate surface area is 70.8 Å². The Bertz CT molecular complexity index is 261. The quantitative estimate of drug-likeness (QED) is 0.660. The first-order chi connectivity index (χ1) is 5.79. The molecule has 12 heavy (non-hydrogen) atoms. The Balaban J connectivity index is 2.36. The molecule has 0 atom stereocenters. The van der Waals surface area contributed by atoms with Crippen LogP contribution in [-0.4, -0.2) is 10.4 Å². The molecule has 2 N–H and O–H groups in total. The molecule has 0 aromatic heterocycles. The Kier molecular flexibility index (Phi) is 1.75. The van der Waals surface area contributed by atoms with E-state index in [0.29, 0.717) is 11.6 Å². The lowest BCUT2D eigenvalue weighted by Gasteiger charge is -2.12. The Hall–Kier alpha value is -1.06. The van der Waals surface area contributed by atoms with E-state index in [4.69, 9.17) is 10.4 Å². The number of hydrogen-bond acceptors (Lipinski definition) is 3. The number of para-hydroxylation sites is 1. The van der Waals surface area contributed by atoms with Gasteiger partial charge >= 0.3 is 0 Å². The summed E-state index contributed by atoms with van der Waals surface area (Å²) in [7, 11) is 0. The van der Waals surface area contributed by atoms with Crippen LogP contribution in [0.4, 0.5) is 5.69 Å². The second kappa shape index (κ2) is 2.77. The van der Waals surface area contributed by atoms with Gasteiger partial charge in [-0.2, -0.15) is 0 Å². The maximum Gasteiger partial charge on any atom is 0.0977 e. The molecule has 2 rings (SSSR count). The van der Waals surface area contributed by atoms with E-state index in [2.05, 4.69) is 0 Å². The Morgan fingerprint density at radius 3 is 2.42 bits per heavy atom. The summed E-state index contributed by atoms with van der Waals surface area (Å²) in [6, 6.07) is 7.35. The van der Waals surface area contributed by atoms with Crippen molar-refractivity contribution in [1.29, 1.82) is 0 Å². The summed E-state index contributed by atoms with van der Waals surface area (Å²) < 4.78 is 0. The standard InChI is InChI=1S/C9H11NO2/c11-10(12)9-4-2-1-3-8(9)7-5-6-7/h1-4,7,11-12H,5-6H2. The van der Waals surface area contributed by atoms with Crippen LogP contribution in [0, 0.1) is 0 Å². The van der Waals surface area contributed by atoms with Gasteiger partial charge in [-0.3, -0.25) is 10.4 Å². The molecule has 0 bridgehead atoms. The Morgan fingerprint density at radius 2 is 1.83 bits per heavy atom. The van der Waals surface area contributed by atoms with Crippen molar-refractivity contribution in [2.24, 2.45) is 0 Å². The minimum atomic E-state index is 0.202. The number of benzene rings is 1. The predicted molar refractivity (Wildman–Crippen MR) is 44.5 cm³/mol. The van der Waals surface area contributed by atoms with Crippen LogP contribution in [0.5, 0.6) is 0 Å². The van der Waals surface area contributed by atoms with Gasteiger partial charge in [-0.05, 0) is 30.4 Å². The third-order valence-electron chi connectivity index (χ3n) is 2.17. The number of rotatable bonds is 2. The zero-order valence-electron chi connectivity index (χ0n) is 6.64. The molecule has 0 radical (unpaired) electrons. The number of anilines is 1. The molecule has 0 amide bonds. The number of nitrogens with zero attached hydrogens (tertiary/aromatic N) is 1. The lowest BCUT2D eigenvalue weighted by atomic mass is 10.1. The first-order valence-electron chi connectivity index (χ1n) is 4.06. The van der Waals surface area contributed by atoms with E-state index in [1.54, 1.807) is 12.1 Å². The van der Waals surface area contributed by atoms with Crippen molar-refractivity contribution in [2.75, 3.05) is 5.23 Å². The second-order valence-corrected chi connectivity index (χ2v) is 3.12. The van der Waals surface area contributed by atoms with Crippen molar-refractivity contribution in [2.45, 2.75) is 18.8 Å². The minimum absolute atomic E-state index is 0.202. The molecule has 3 heteroatoms. The summed E-state index contributed by atoms with van der Waals surface area (Å²) in [6.45, 7) is 0. The van der Waals surface area contributed by atoms with E-state index in [-0.39, 0.29) is 5.23 Å². The van der Waals surface area contributed by atoms with Crippen molar-refractivity contribution < 1.29 is 10.4 Å². The van der Waals surface area contributed by atoms with E-state index in [0.717, 1.165) is 18.4 Å². The smallest absolute Gasteiger partial charge is 0.0977 e. The van der Waals surface area contributed by atoms with Gasteiger partial charge in [0.1, 0.15) is 0 Å². The molecule has 3 nitrogen and oxygen atoms in total. The summed E-state index contributed by atoms with van der Waals surface area (Å²) >= 11 is 0. The molecule has 64 valence electrons. The fraction of sp³-hybridized carbons (Fsp3) is 0.333. The lowest BCUT2D eigenvalue weighted by Crippen LogP contribution is -2.12. The van der Waals surface area contributed by atoms with Crippen LogP contribution >= 0.6 is 0 Å². The van der Waals surface area contributed by atoms with Crippen LogP contribution in [0.15, 0.2) is 24.3 Å². The maximum absolute atomic E-state index is 8.87. The molecule has 1 aliphatic rings. The highest BCUT2D eigenvalue weighted by atomic mass is 16.8. The van der Waals surface area contributed by atoms with E-state index >= 15 is 0 Å². The van der Waals surface area contributed by atoms with Crippen molar-refractivity contribution in [3.05, 3.63) is 29.8 Å². The SMILES string of the molecule is ON(O)c1ccccc1C1CC1. The van der Waals surface area contributed by atoms with Gasteiger partial charge in [-0.1, -0.05) is 18.2 Å². The van der Waals surface area contributed by atoms with Gasteiger partial charge in [-0.25, -0.2) is 0 Å². The largest absolute Gasteiger partial charge is 0.264 e. The summed E-state index contributed by atoms with van der Waals surface area (Å²) in [5.74, 6) is 0.531. The van der Waals surface area contributed by atoms with Crippen molar-refractivity contribution in [3.8, 4) is 0 Å². The van der Waals surface area contributed by atoms with E-state index < -0.39 is 0 Å². The molecule has 1 aliphatic carbocycles. The van der Waals surface area contributed by atoms with Gasteiger partial charge in [0.2, 0.25) is 0 Å². The van der Waals surface area contributed by atoms with Crippen molar-refractivity contribution in [3.63, 3.8) is 0 Å². The fourth-order valence-electron chi connectivity index (χ4n) is 1.41. The fourth-order valence-corrected chi connectivity index (χ4v) is 1.41. The molecular formula is C9H11NO2. The topological polar surface area (TPSA) is 43.7 Å². The first kappa shape index (κ1) is 7.58. The van der Waals surface area contributed by atoms with Crippen molar-refractivity contribution >= 4 is 5.69 Å². The monoisotopic (exact) mass is 165 g/mol. The van der Waals surface area contributed by atoms with Crippen LogP contribution in [0.1, 0.15) is 24.3 Å². The third kappa shape index (κ3) is 1.29. The highest BCUT2D eigenvalue weighted by Gasteiger charge is 2.26. The van der Waals surface area contributed by atoms with Gasteiger partial charge in [0.15, 0.2) is 0 Å². The highest BCUT2D eigenvalue weighted by molar-refractivity contribution is 5.52. The van der Waals surface area contributed by atoms with Crippen LogP contribution in [0.25, 0.3) is 0 Å². The average Bonchev–Trinajstić information content (AvgIpc) is 2.87. The van der Waals surface area contributed by atoms with Gasteiger partial charge in [0.05, 0.1) is 5.69 Å². The number of hydrogen-bond donors (Lipinski definition) is 2. The zero-order chi connectivity index (χ0) is 8.55. The molecule has 0 heterocycles. The molecule has 1 fully saturated rings. The summed E-state index contributed by atoms with van der Waals surface area (Å²) in [5, 5.41) is 17.9. The summed E-state index contributed by atoms with van der Waals surface area (Å²) in [6.07, 6.45) is 2.32. The molecule has 1 aromatic carbocycles. The zero-order valence-corrected chi connectivity index (χ0v) is 6.64. The molecule has 0 unspecified atom stereocenters. The van der Waals surface area contributed by atoms with Gasteiger partial charge < -0.3 is 0 Å². The van der Waals surface area contributed by atoms with E-state index in [9.17, 15) is 0 Å². The summed E-state index contributed by atoms with van der Waals surface area (Å²) in [4.78, 5) is 0. The van der Waals surface area contributed by atoms with Crippen LogP contribution in [0.2, 0.25) is 0 Å². The molecule has 0 aliphatic heterocycles. The molecule has 0 saturated heterocycles. The predicted octanol–water partition coefficient (Wildman–Crippen LogP) is 2.15. The van der Waals surface area contributed by atoms with Crippen molar-refractivity contribution in [1.82, 2.24) is 0 Å². The summed E-state index contributed by atoms with van der Waals surface area (Å²) in [5.41, 5.74) is 1.53. The van der Waals surface area contributed by atoms with Gasteiger partial charge in [0, 0.05) is 0 Å². The van der Waals surface area contributed by atoms with E-state index in [1.807, 2.05) is 12.1 Å². The van der Waals surface area contributed by atoms with Crippen LogP contribution < -0.4 is 5.23 Å². The molecule has 1 saturated carbocycles. The highest BCUT2D eigenvalue weighted by Crippen LogP contribution is 2.43. The van der Waals surface area contributed by atoms with Crippen LogP contribution in [0.3, 0.4) is 0 Å². The van der Waals surface area contributed by atoms with Gasteiger partial charge in [-0.15, -0.1) is 5.23 Å². The molecule has 1 aromatic rings. The second-order valence-electron chi connectivity index (χ2n) is 3.12. The average molecular weight is 165 g/mol. The maximum atomic E-state index is 8.87. The van der Waals surface area contributed by atoms with E-state index in [1.165, 1.54) is 0 Å². The normalized spacial score (nSPS) is 16.2. The van der Waals surface area contributed by atoms with Gasteiger partial charge in [0.25, 0.3) is 0 Å². The molecule has 0 spiro atoms. The Morgan fingerprint density at radius 1 is 1.17 bits per heavy atom.